The second-order valence-corrected chi connectivity index (χ2v) is 11.5. The molecule has 1 aliphatic rings. The number of ether oxygens (including phenoxy) is 4. The van der Waals surface area contributed by atoms with Crippen molar-refractivity contribution in [2.45, 2.75) is 73.5 Å². The van der Waals surface area contributed by atoms with Gasteiger partial charge in [0.25, 0.3) is 0 Å². The number of benzene rings is 1. The van der Waals surface area contributed by atoms with E-state index in [1.54, 1.807) is 14.2 Å². The van der Waals surface area contributed by atoms with Gasteiger partial charge in [-0.15, -0.1) is 0 Å². The molecule has 0 bridgehead atoms. The third-order valence-electron chi connectivity index (χ3n) is 7.60. The van der Waals surface area contributed by atoms with Crippen molar-refractivity contribution in [2.24, 2.45) is 11.8 Å². The largest absolute Gasteiger partial charge is 0.456 e. The summed E-state index contributed by atoms with van der Waals surface area (Å²) in [5, 5.41) is 3.26. The summed E-state index contributed by atoms with van der Waals surface area (Å²) in [6.07, 6.45) is -0.890. The number of allylic oxidation sites excluding steroid dienone is 2. The number of nitrogens with zero attached hydrogens (tertiary/aromatic N) is 1. The summed E-state index contributed by atoms with van der Waals surface area (Å²) in [5.74, 6) is -1.62. The Morgan fingerprint density at radius 1 is 0.780 bits per heavy atom. The van der Waals surface area contributed by atoms with Gasteiger partial charge in [-0.1, -0.05) is 39.8 Å². The maximum absolute atomic E-state index is 13.9. The topological polar surface area (TPSA) is 88.0 Å². The lowest BCUT2D eigenvalue weighted by Crippen LogP contribution is -2.37. The molecule has 0 saturated carbocycles. The van der Waals surface area contributed by atoms with Gasteiger partial charge in [0.15, 0.2) is 0 Å². The highest BCUT2D eigenvalue weighted by atomic mass is 16.6. The number of rotatable bonds is 12. The van der Waals surface area contributed by atoms with Crippen molar-refractivity contribution in [2.75, 3.05) is 27.4 Å². The van der Waals surface area contributed by atoms with Gasteiger partial charge in [-0.3, -0.25) is 0 Å². The Balaban J connectivity index is 2.17. The van der Waals surface area contributed by atoms with Gasteiger partial charge in [-0.2, -0.15) is 0 Å². The maximum Gasteiger partial charge on any atom is 0.337 e. The zero-order valence-corrected chi connectivity index (χ0v) is 26.2. The standard InChI is InChI=1S/C33H46N2O6/c1-19(2)27(17-38-9)40-32(36)29-23(7)34-24(8)30(33(37)41-28(18-39-10)20(3)4)31(29)25-12-11-13-26(16-25)35-21(5)14-15-22(35)6/h11-16,19-20,27-28,31,34H,17-18H2,1-10H3. The monoisotopic (exact) mass is 566 g/mol. The van der Waals surface area contributed by atoms with E-state index in [4.69, 9.17) is 18.9 Å². The normalized spacial score (nSPS) is 17.1. The maximum atomic E-state index is 13.9. The van der Waals surface area contributed by atoms with Crippen LogP contribution in [0.5, 0.6) is 0 Å². The molecule has 2 atom stereocenters. The first-order valence-electron chi connectivity index (χ1n) is 14.2. The minimum absolute atomic E-state index is 0.0420. The number of esters is 2. The van der Waals surface area contributed by atoms with Gasteiger partial charge in [0.05, 0.1) is 30.3 Å². The van der Waals surface area contributed by atoms with E-state index in [1.807, 2.05) is 79.7 Å². The lowest BCUT2D eigenvalue weighted by atomic mass is 9.80. The van der Waals surface area contributed by atoms with Crippen LogP contribution in [0, 0.1) is 25.7 Å². The summed E-state index contributed by atoms with van der Waals surface area (Å²) in [6.45, 7) is 16.2. The number of methoxy groups -OCH3 is 2. The molecule has 0 aliphatic carbocycles. The predicted molar refractivity (Wildman–Crippen MR) is 160 cm³/mol. The van der Waals surface area contributed by atoms with Crippen molar-refractivity contribution in [3.05, 3.63) is 75.9 Å². The molecule has 2 heterocycles. The van der Waals surface area contributed by atoms with Gasteiger partial charge in [0.2, 0.25) is 0 Å². The smallest absolute Gasteiger partial charge is 0.337 e. The molecule has 0 amide bonds. The number of aryl methyl sites for hydroxylation is 2. The molecule has 1 N–H and O–H groups in total. The summed E-state index contributed by atoms with van der Waals surface area (Å²) in [4.78, 5) is 27.9. The molecular weight excluding hydrogens is 520 g/mol. The summed E-state index contributed by atoms with van der Waals surface area (Å²) in [5.41, 5.74) is 5.90. The van der Waals surface area contributed by atoms with Crippen molar-refractivity contribution in [1.29, 1.82) is 0 Å². The zero-order chi connectivity index (χ0) is 30.4. The number of dihydropyridines is 1. The molecule has 41 heavy (non-hydrogen) atoms. The Morgan fingerprint density at radius 3 is 1.66 bits per heavy atom. The minimum atomic E-state index is -0.710. The number of carbonyl (C=O) groups is 2. The van der Waals surface area contributed by atoms with Crippen molar-refractivity contribution in [3.63, 3.8) is 0 Å². The van der Waals surface area contributed by atoms with Crippen LogP contribution in [0.15, 0.2) is 58.9 Å². The van der Waals surface area contributed by atoms with Crippen LogP contribution in [0.2, 0.25) is 0 Å². The van der Waals surface area contributed by atoms with E-state index in [2.05, 4.69) is 22.0 Å². The SMILES string of the molecule is COCC(OC(=O)C1=C(C)NC(C)=C(C(=O)OC(COC)C(C)C)C1c1cccc(-n2c(C)ccc2C)c1)C(C)C. The Morgan fingerprint density at radius 2 is 1.24 bits per heavy atom. The predicted octanol–water partition coefficient (Wildman–Crippen LogP) is 5.76. The second kappa shape index (κ2) is 14.0. The lowest BCUT2D eigenvalue weighted by Gasteiger charge is -2.33. The third kappa shape index (κ3) is 7.29. The minimum Gasteiger partial charge on any atom is -0.456 e. The zero-order valence-electron chi connectivity index (χ0n) is 26.2. The van der Waals surface area contributed by atoms with Crippen LogP contribution in [0.1, 0.15) is 64.4 Å². The van der Waals surface area contributed by atoms with Gasteiger partial charge in [0.1, 0.15) is 12.2 Å². The molecule has 2 aromatic rings. The highest BCUT2D eigenvalue weighted by molar-refractivity contribution is 6.00. The number of nitrogens with one attached hydrogen (secondary N) is 1. The molecule has 8 nitrogen and oxygen atoms in total. The van der Waals surface area contributed by atoms with E-state index in [0.29, 0.717) is 22.5 Å². The second-order valence-electron chi connectivity index (χ2n) is 11.5. The van der Waals surface area contributed by atoms with E-state index in [0.717, 1.165) is 22.6 Å². The average Bonchev–Trinajstić information content (AvgIpc) is 3.24. The van der Waals surface area contributed by atoms with Crippen LogP contribution >= 0.6 is 0 Å². The molecule has 2 unspecified atom stereocenters. The summed E-state index contributed by atoms with van der Waals surface area (Å²) in [7, 11) is 3.17. The van der Waals surface area contributed by atoms with Crippen LogP contribution in [0.3, 0.4) is 0 Å². The van der Waals surface area contributed by atoms with Crippen molar-refractivity contribution in [1.82, 2.24) is 9.88 Å². The first-order chi connectivity index (χ1) is 19.4. The molecule has 0 radical (unpaired) electrons. The Bertz CT molecular complexity index is 1230. The molecule has 3 rings (SSSR count). The van der Waals surface area contributed by atoms with Crippen LogP contribution in [-0.2, 0) is 28.5 Å². The van der Waals surface area contributed by atoms with Crippen LogP contribution < -0.4 is 5.32 Å². The van der Waals surface area contributed by atoms with Crippen molar-refractivity contribution < 1.29 is 28.5 Å². The molecular formula is C33H46N2O6. The van der Waals surface area contributed by atoms with Crippen molar-refractivity contribution >= 4 is 11.9 Å². The molecule has 1 aliphatic heterocycles. The molecule has 0 saturated heterocycles. The third-order valence-corrected chi connectivity index (χ3v) is 7.60. The quantitative estimate of drug-likeness (QED) is 0.327. The molecule has 224 valence electrons. The lowest BCUT2D eigenvalue weighted by molar-refractivity contribution is -0.150. The number of hydrogen-bond donors (Lipinski definition) is 1. The highest BCUT2D eigenvalue weighted by Gasteiger charge is 2.40. The van der Waals surface area contributed by atoms with E-state index >= 15 is 0 Å². The number of aromatic nitrogens is 1. The average molecular weight is 567 g/mol. The van der Waals surface area contributed by atoms with Gasteiger partial charge in [-0.25, -0.2) is 9.59 Å². The first-order valence-corrected chi connectivity index (χ1v) is 14.2. The van der Waals surface area contributed by atoms with Gasteiger partial charge in [0, 0.05) is 42.7 Å². The Hall–Kier alpha value is -3.36. The van der Waals surface area contributed by atoms with Crippen LogP contribution in [0.25, 0.3) is 5.69 Å². The fourth-order valence-electron chi connectivity index (χ4n) is 5.24. The van der Waals surface area contributed by atoms with Gasteiger partial charge < -0.3 is 28.8 Å². The Labute approximate surface area is 244 Å². The fourth-order valence-corrected chi connectivity index (χ4v) is 5.24. The van der Waals surface area contributed by atoms with Gasteiger partial charge in [-0.05, 0) is 69.4 Å². The van der Waals surface area contributed by atoms with Crippen molar-refractivity contribution in [3.8, 4) is 5.69 Å². The number of hydrogen-bond acceptors (Lipinski definition) is 7. The summed E-state index contributed by atoms with van der Waals surface area (Å²) >= 11 is 0. The van der Waals surface area contributed by atoms with Gasteiger partial charge >= 0.3 is 11.9 Å². The first kappa shape index (κ1) is 32.2. The summed E-state index contributed by atoms with van der Waals surface area (Å²) < 4.78 is 24.8. The molecule has 8 heteroatoms. The van der Waals surface area contributed by atoms with E-state index in [1.165, 1.54) is 0 Å². The van der Waals surface area contributed by atoms with Crippen LogP contribution in [0.4, 0.5) is 0 Å². The number of carbonyl (C=O) groups excluding carboxylic acids is 2. The van der Waals surface area contributed by atoms with E-state index in [9.17, 15) is 9.59 Å². The Kier molecular flexibility index (Phi) is 11.0. The highest BCUT2D eigenvalue weighted by Crippen LogP contribution is 2.40. The fraction of sp³-hybridized carbons (Fsp3) is 0.515. The van der Waals surface area contributed by atoms with E-state index < -0.39 is 30.1 Å². The summed E-state index contributed by atoms with van der Waals surface area (Å²) in [6, 6.07) is 12.1. The van der Waals surface area contributed by atoms with E-state index in [-0.39, 0.29) is 25.0 Å². The molecule has 0 spiro atoms. The molecule has 0 fully saturated rings. The molecule has 1 aromatic heterocycles. The van der Waals surface area contributed by atoms with Crippen LogP contribution in [-0.4, -0.2) is 56.1 Å². The molecule has 1 aromatic carbocycles.